The Morgan fingerprint density at radius 3 is 2.14 bits per heavy atom. The smallest absolute Gasteiger partial charge is 0.364 e. The molecule has 3 aromatic rings. The van der Waals surface area contributed by atoms with Gasteiger partial charge in [-0.2, -0.15) is 36.5 Å². The summed E-state index contributed by atoms with van der Waals surface area (Å²) in [5.41, 5.74) is -2.77. The van der Waals surface area contributed by atoms with Crippen molar-refractivity contribution < 1.29 is 40.2 Å². The van der Waals surface area contributed by atoms with Crippen LogP contribution in [0.25, 0.3) is 11.3 Å². The predicted molar refractivity (Wildman–Crippen MR) is 118 cm³/mol. The van der Waals surface area contributed by atoms with E-state index in [1.165, 1.54) is 29.6 Å². The van der Waals surface area contributed by atoms with Gasteiger partial charge >= 0.3 is 24.2 Å². The molecule has 0 saturated heterocycles. The van der Waals surface area contributed by atoms with Crippen molar-refractivity contribution in [1.29, 1.82) is 0 Å². The molecule has 2 heterocycles. The largest absolute Gasteiger partial charge is 0.382 e. The molecular formula is C23H17F8N3OS. The van der Waals surface area contributed by atoms with Crippen LogP contribution in [0.3, 0.4) is 0 Å². The lowest BCUT2D eigenvalue weighted by Gasteiger charge is -2.42. The lowest BCUT2D eigenvalue weighted by atomic mass is 9.89. The van der Waals surface area contributed by atoms with Crippen LogP contribution in [0.2, 0.25) is 0 Å². The number of hydrogen-bond donors (Lipinski definition) is 1. The molecule has 0 bridgehead atoms. The molecule has 0 amide bonds. The molecule has 0 radical (unpaired) electrons. The second-order valence-electron chi connectivity index (χ2n) is 8.17. The second-order valence-corrected chi connectivity index (χ2v) is 9.01. The minimum atomic E-state index is -6.65. The van der Waals surface area contributed by atoms with Gasteiger partial charge in [-0.25, -0.2) is 13.8 Å². The van der Waals surface area contributed by atoms with Gasteiger partial charge < -0.3 is 5.11 Å². The molecule has 1 N–H and O–H groups in total. The fraction of sp³-hybridized carbons (Fsp3) is 0.304. The van der Waals surface area contributed by atoms with Gasteiger partial charge in [0.15, 0.2) is 0 Å². The van der Waals surface area contributed by atoms with E-state index in [2.05, 4.69) is 10.1 Å². The van der Waals surface area contributed by atoms with Gasteiger partial charge in [0.2, 0.25) is 10.9 Å². The van der Waals surface area contributed by atoms with Gasteiger partial charge in [-0.1, -0.05) is 60.2 Å². The molecule has 13 heteroatoms. The zero-order chi connectivity index (χ0) is 26.5. The third-order valence-corrected chi connectivity index (χ3v) is 6.52. The van der Waals surface area contributed by atoms with Gasteiger partial charge in [0.1, 0.15) is 0 Å². The van der Waals surface area contributed by atoms with Gasteiger partial charge in [0.05, 0.1) is 11.4 Å². The number of aromatic nitrogens is 1. The summed E-state index contributed by atoms with van der Waals surface area (Å²) < 4.78 is 112. The van der Waals surface area contributed by atoms with Crippen molar-refractivity contribution in [3.05, 3.63) is 71.1 Å². The number of aryl methyl sites for hydroxylation is 1. The average molecular weight is 535 g/mol. The highest BCUT2D eigenvalue weighted by Crippen LogP contribution is 2.56. The van der Waals surface area contributed by atoms with Crippen LogP contribution >= 0.6 is 11.3 Å². The molecule has 2 aromatic carbocycles. The van der Waals surface area contributed by atoms with E-state index in [9.17, 15) is 31.4 Å². The molecule has 1 aromatic heterocycles. The first kappa shape index (κ1) is 26.0. The maximum absolute atomic E-state index is 15.2. The third kappa shape index (κ3) is 3.94. The predicted octanol–water partition coefficient (Wildman–Crippen LogP) is 6.59. The van der Waals surface area contributed by atoms with Crippen LogP contribution in [-0.4, -0.2) is 45.7 Å². The van der Waals surface area contributed by atoms with E-state index in [0.29, 0.717) is 16.9 Å². The first-order valence-corrected chi connectivity index (χ1v) is 11.2. The first-order chi connectivity index (χ1) is 16.7. The van der Waals surface area contributed by atoms with Gasteiger partial charge in [-0.05, 0) is 12.5 Å². The summed E-state index contributed by atoms with van der Waals surface area (Å²) in [6.45, 7) is 1.82. The van der Waals surface area contributed by atoms with E-state index in [1.54, 1.807) is 30.3 Å². The summed E-state index contributed by atoms with van der Waals surface area (Å²) in [5.74, 6) is -19.2. The Kier molecular flexibility index (Phi) is 6.36. The first-order valence-electron chi connectivity index (χ1n) is 10.3. The van der Waals surface area contributed by atoms with Crippen LogP contribution in [0.15, 0.2) is 65.1 Å². The second kappa shape index (κ2) is 8.80. The summed E-state index contributed by atoms with van der Waals surface area (Å²) in [4.78, 5) is 4.07. The van der Waals surface area contributed by atoms with E-state index in [0.717, 1.165) is 5.56 Å². The molecule has 1 aliphatic heterocycles. The number of anilines is 1. The minimum Gasteiger partial charge on any atom is -0.364 e. The highest BCUT2D eigenvalue weighted by Gasteiger charge is 2.83. The van der Waals surface area contributed by atoms with Gasteiger partial charge in [0, 0.05) is 17.4 Å². The summed E-state index contributed by atoms with van der Waals surface area (Å²) in [6, 6.07) is 14.0. The van der Waals surface area contributed by atoms with E-state index < -0.39 is 41.5 Å². The van der Waals surface area contributed by atoms with Gasteiger partial charge in [-0.3, -0.25) is 0 Å². The van der Waals surface area contributed by atoms with Crippen LogP contribution in [0, 0.1) is 6.92 Å². The normalized spacial score (nSPS) is 19.2. The van der Waals surface area contributed by atoms with Crippen molar-refractivity contribution in [3.63, 3.8) is 0 Å². The van der Waals surface area contributed by atoms with Crippen molar-refractivity contribution in [2.24, 2.45) is 5.10 Å². The van der Waals surface area contributed by atoms with Crippen LogP contribution < -0.4 is 5.01 Å². The molecule has 0 spiro atoms. The number of thiazole rings is 1. The third-order valence-electron chi connectivity index (χ3n) is 5.70. The van der Waals surface area contributed by atoms with Crippen LogP contribution in [0.5, 0.6) is 0 Å². The van der Waals surface area contributed by atoms with Crippen molar-refractivity contribution in [2.45, 2.75) is 43.3 Å². The molecule has 0 unspecified atom stereocenters. The Labute approximate surface area is 203 Å². The Morgan fingerprint density at radius 1 is 0.944 bits per heavy atom. The maximum Gasteiger partial charge on any atom is 0.382 e. The van der Waals surface area contributed by atoms with Crippen molar-refractivity contribution in [2.75, 3.05) is 5.01 Å². The van der Waals surface area contributed by atoms with Crippen molar-refractivity contribution >= 4 is 22.2 Å². The molecule has 0 fully saturated rings. The van der Waals surface area contributed by atoms with Crippen LogP contribution in [0.1, 0.15) is 17.5 Å². The maximum atomic E-state index is 15.2. The molecule has 36 heavy (non-hydrogen) atoms. The number of alkyl halides is 8. The molecule has 0 saturated carbocycles. The number of rotatable bonds is 7. The van der Waals surface area contributed by atoms with Crippen molar-refractivity contribution in [3.8, 4) is 11.3 Å². The summed E-state index contributed by atoms with van der Waals surface area (Å²) in [6.07, 6.45) is -6.50. The molecule has 4 nitrogen and oxygen atoms in total. The van der Waals surface area contributed by atoms with Crippen LogP contribution in [-0.2, 0) is 0 Å². The minimum absolute atomic E-state index is 0.00709. The molecule has 192 valence electrons. The Morgan fingerprint density at radius 2 is 1.56 bits per heavy atom. The van der Waals surface area contributed by atoms with Crippen LogP contribution in [0.4, 0.5) is 40.3 Å². The van der Waals surface area contributed by atoms with E-state index in [1.807, 2.05) is 6.92 Å². The van der Waals surface area contributed by atoms with Crippen molar-refractivity contribution in [1.82, 2.24) is 4.98 Å². The standard InChI is InChI=1S/C23H17F8N3OS/c1-13-7-9-15(10-8-13)17-12-36-19(32-17)34-20(35,11-16(33-34)14-5-3-2-4-6-14)22(28,29)23(30,31)21(26,27)18(24)25/h2-10,12,18,35H,11H2,1H3/t20-/m1/s1. The molecule has 0 aliphatic carbocycles. The molecular weight excluding hydrogens is 518 g/mol. The zero-order valence-electron chi connectivity index (χ0n) is 18.3. The summed E-state index contributed by atoms with van der Waals surface area (Å²) in [5, 5.41) is 15.6. The van der Waals surface area contributed by atoms with Gasteiger partial charge in [0.25, 0.3) is 0 Å². The fourth-order valence-corrected chi connectivity index (χ4v) is 4.45. The lowest BCUT2D eigenvalue weighted by Crippen LogP contribution is -2.70. The number of benzene rings is 2. The molecule has 4 rings (SSSR count). The summed E-state index contributed by atoms with van der Waals surface area (Å²) >= 11 is 0.620. The fourth-order valence-electron chi connectivity index (χ4n) is 3.60. The van der Waals surface area contributed by atoms with E-state index >= 15 is 8.78 Å². The number of aliphatic hydroxyl groups is 1. The molecule has 1 atom stereocenters. The SMILES string of the molecule is Cc1ccc(-c2csc(N3N=C(c4ccccc4)C[C@@]3(O)C(F)(F)C(F)(F)C(F)(F)C(F)F)n2)cc1. The Balaban J connectivity index is 1.83. The monoisotopic (exact) mass is 535 g/mol. The Bertz CT molecular complexity index is 1260. The molecule has 1 aliphatic rings. The average Bonchev–Trinajstić information content (AvgIpc) is 3.45. The highest BCUT2D eigenvalue weighted by molar-refractivity contribution is 7.14. The number of nitrogens with zero attached hydrogens (tertiary/aromatic N) is 3. The number of hydrazone groups is 1. The topological polar surface area (TPSA) is 48.7 Å². The van der Waals surface area contributed by atoms with E-state index in [-0.39, 0.29) is 22.0 Å². The van der Waals surface area contributed by atoms with E-state index in [4.69, 9.17) is 0 Å². The summed E-state index contributed by atoms with van der Waals surface area (Å²) in [7, 11) is 0. The number of hydrogen-bond acceptors (Lipinski definition) is 5. The zero-order valence-corrected chi connectivity index (χ0v) is 19.1. The van der Waals surface area contributed by atoms with Gasteiger partial charge in [-0.15, -0.1) is 11.3 Å². The quantitative estimate of drug-likeness (QED) is 0.347. The lowest BCUT2D eigenvalue weighted by molar-refractivity contribution is -0.372. The number of halogens is 8. The highest BCUT2D eigenvalue weighted by atomic mass is 32.1. The Hall–Kier alpha value is -3.06.